The van der Waals surface area contributed by atoms with Gasteiger partial charge in [0.2, 0.25) is 0 Å². The Morgan fingerprint density at radius 3 is 1.95 bits per heavy atom. The van der Waals surface area contributed by atoms with Crippen LogP contribution in [0.3, 0.4) is 0 Å². The predicted molar refractivity (Wildman–Crippen MR) is 218 cm³/mol. The molecule has 3 aromatic rings. The second kappa shape index (κ2) is 16.7. The van der Waals surface area contributed by atoms with Crippen molar-refractivity contribution >= 4 is 35.6 Å². The Morgan fingerprint density at radius 2 is 1.41 bits per heavy atom. The molecule has 7 rings (SSSR count). The molecule has 1 amide bonds. The summed E-state index contributed by atoms with van der Waals surface area (Å²) in [4.78, 5) is 83.4. The van der Waals surface area contributed by atoms with Crippen molar-refractivity contribution in [2.24, 2.45) is 16.7 Å². The molecule has 16 heteroatoms. The Kier molecular flexibility index (Phi) is 12.0. The Balaban J connectivity index is 1.40. The van der Waals surface area contributed by atoms with Gasteiger partial charge in [-0.25, -0.2) is 14.0 Å². The molecule has 1 unspecified atom stereocenters. The summed E-state index contributed by atoms with van der Waals surface area (Å²) in [5.74, 6) is -7.78. The number of nitrogens with one attached hydrogen (secondary N) is 1. The number of rotatable bonds is 10. The maximum atomic E-state index is 16.6. The molecule has 1 heterocycles. The summed E-state index contributed by atoms with van der Waals surface area (Å²) in [6.45, 7) is 7.09. The van der Waals surface area contributed by atoms with Crippen LogP contribution in [-0.4, -0.2) is 111 Å². The number of ketones is 1. The molecule has 3 fully saturated rings. The summed E-state index contributed by atoms with van der Waals surface area (Å²) < 4.78 is 46.2. The van der Waals surface area contributed by atoms with E-state index in [-0.39, 0.29) is 22.3 Å². The standard InChI is InChI=1S/C47H50FNO14/c1-24-30(61-43(57)34(52)33(27-16-10-7-11-17-27)49-41(55)28-18-12-8-13-19-28)22-47(58)40(62-42(56)29-20-14-9-15-21-29)36-45(6,38(54)35(60-25(2)50)31(24)44(47,4)5)37(53)32(48)39-46(36,23-59-39)63-26(3)51/h7-21,30,32-37,39-40,52-53,58H,22-23H2,1-6H3,(H,49,55)/t30-,32-,33-,34+,35+,36?,37-,39+,40-,45-,46+,47+/m0/s1. The van der Waals surface area contributed by atoms with E-state index in [1.54, 1.807) is 78.9 Å². The van der Waals surface area contributed by atoms with Crippen LogP contribution in [0.4, 0.5) is 4.39 Å². The Bertz CT molecular complexity index is 2320. The number of benzene rings is 3. The number of esters is 4. The molecule has 4 aliphatic rings. The van der Waals surface area contributed by atoms with E-state index >= 15 is 9.18 Å². The zero-order chi connectivity index (χ0) is 45.8. The average molecular weight is 872 g/mol. The van der Waals surface area contributed by atoms with Gasteiger partial charge in [0.05, 0.1) is 29.5 Å². The predicted octanol–water partition coefficient (Wildman–Crippen LogP) is 3.68. The molecule has 2 bridgehead atoms. The number of carbonyl (C=O) groups excluding carboxylic acids is 6. The Labute approximate surface area is 362 Å². The molecular formula is C47H50FNO14. The van der Waals surface area contributed by atoms with Crippen LogP contribution in [0.5, 0.6) is 0 Å². The zero-order valence-corrected chi connectivity index (χ0v) is 35.5. The lowest BCUT2D eigenvalue weighted by Gasteiger charge is -2.67. The molecule has 4 N–H and O–H groups in total. The van der Waals surface area contributed by atoms with Crippen LogP contribution >= 0.6 is 0 Å². The molecule has 0 spiro atoms. The van der Waals surface area contributed by atoms with Crippen LogP contribution in [0, 0.1) is 16.7 Å². The smallest absolute Gasteiger partial charge is 0.338 e. The van der Waals surface area contributed by atoms with Gasteiger partial charge >= 0.3 is 23.9 Å². The van der Waals surface area contributed by atoms with Gasteiger partial charge in [-0.1, -0.05) is 80.6 Å². The number of ether oxygens (including phenoxy) is 5. The largest absolute Gasteiger partial charge is 0.456 e. The maximum absolute atomic E-state index is 16.6. The lowest BCUT2D eigenvalue weighted by Crippen LogP contribution is -2.84. The number of carbonyl (C=O) groups is 6. The second-order valence-corrected chi connectivity index (χ2v) is 17.4. The fraction of sp³-hybridized carbons (Fsp3) is 0.447. The molecule has 1 aliphatic heterocycles. The first-order valence-corrected chi connectivity index (χ1v) is 20.5. The van der Waals surface area contributed by atoms with Gasteiger partial charge in [0.1, 0.15) is 30.0 Å². The van der Waals surface area contributed by atoms with Gasteiger partial charge in [-0.05, 0) is 54.8 Å². The van der Waals surface area contributed by atoms with Crippen LogP contribution < -0.4 is 5.32 Å². The van der Waals surface area contributed by atoms with Crippen molar-refractivity contribution in [3.63, 3.8) is 0 Å². The van der Waals surface area contributed by atoms with Crippen LogP contribution in [0.2, 0.25) is 0 Å². The lowest BCUT2D eigenvalue weighted by atomic mass is 9.44. The third-order valence-electron chi connectivity index (χ3n) is 13.5. The number of Topliss-reactive ketones (excluding diaryl/α,β-unsaturated/α-hetero) is 1. The number of aliphatic hydroxyl groups is 3. The minimum atomic E-state index is -2.52. The third kappa shape index (κ3) is 7.41. The van der Waals surface area contributed by atoms with Crippen LogP contribution in [0.1, 0.15) is 80.3 Å². The second-order valence-electron chi connectivity index (χ2n) is 17.4. The summed E-state index contributed by atoms with van der Waals surface area (Å²) in [6.07, 6.45) is -14.7. The van der Waals surface area contributed by atoms with Gasteiger partial charge in [-0.2, -0.15) is 0 Å². The first kappa shape index (κ1) is 45.2. The molecule has 3 aromatic carbocycles. The lowest BCUT2D eigenvalue weighted by molar-refractivity contribution is -0.361. The number of halogens is 1. The SMILES string of the molecule is CC(=O)O[C@H]1C(=O)[C@@]2(C)C([C@H](OC(=O)c3ccccc3)[C@]3(O)C[C@H](OC(=O)[C@H](O)[C@@H](NC(=O)c4ccccc4)c4ccccc4)C(C)=C1C3(C)C)[C@]1(OC(C)=O)CO[C@@H]1[C@@H](F)[C@@H]2O. The van der Waals surface area contributed by atoms with E-state index in [2.05, 4.69) is 5.32 Å². The molecule has 0 aromatic heterocycles. The summed E-state index contributed by atoms with van der Waals surface area (Å²) in [6, 6.07) is 22.4. The number of hydrogen-bond donors (Lipinski definition) is 4. The average Bonchev–Trinajstić information content (AvgIpc) is 3.24. The summed E-state index contributed by atoms with van der Waals surface area (Å²) in [7, 11) is 0. The van der Waals surface area contributed by atoms with Crippen molar-refractivity contribution in [3.8, 4) is 0 Å². The molecule has 2 saturated carbocycles. The van der Waals surface area contributed by atoms with Gasteiger partial charge in [0.25, 0.3) is 5.91 Å². The number of alkyl halides is 1. The van der Waals surface area contributed by atoms with Crippen molar-refractivity contribution in [2.45, 2.75) is 108 Å². The number of hydrogen-bond acceptors (Lipinski definition) is 14. The van der Waals surface area contributed by atoms with Crippen LogP contribution in [0.15, 0.2) is 102 Å². The summed E-state index contributed by atoms with van der Waals surface area (Å²) in [5.41, 5.74) is -8.41. The molecular weight excluding hydrogens is 822 g/mol. The van der Waals surface area contributed by atoms with Gasteiger partial charge in [0, 0.05) is 31.2 Å². The number of fused-ring (bicyclic) bond motifs is 5. The van der Waals surface area contributed by atoms with Crippen molar-refractivity contribution in [3.05, 3.63) is 119 Å². The Hall–Kier alpha value is -5.81. The number of aliphatic hydroxyl groups excluding tert-OH is 2. The first-order chi connectivity index (χ1) is 29.7. The van der Waals surface area contributed by atoms with Crippen molar-refractivity contribution in [1.29, 1.82) is 0 Å². The molecule has 3 aliphatic carbocycles. The van der Waals surface area contributed by atoms with Crippen molar-refractivity contribution in [2.75, 3.05) is 6.61 Å². The van der Waals surface area contributed by atoms with E-state index in [4.69, 9.17) is 23.7 Å². The first-order valence-electron chi connectivity index (χ1n) is 20.5. The van der Waals surface area contributed by atoms with Gasteiger partial charge < -0.3 is 44.3 Å². The molecule has 0 radical (unpaired) electrons. The highest BCUT2D eigenvalue weighted by atomic mass is 19.1. The van der Waals surface area contributed by atoms with E-state index in [0.29, 0.717) is 5.56 Å². The molecule has 15 nitrogen and oxygen atoms in total. The van der Waals surface area contributed by atoms with Crippen LogP contribution in [-0.2, 0) is 42.9 Å². The third-order valence-corrected chi connectivity index (χ3v) is 13.5. The highest BCUT2D eigenvalue weighted by Gasteiger charge is 2.80. The molecule has 63 heavy (non-hydrogen) atoms. The van der Waals surface area contributed by atoms with E-state index in [0.717, 1.165) is 13.8 Å². The highest BCUT2D eigenvalue weighted by molar-refractivity contribution is 5.96. The van der Waals surface area contributed by atoms with E-state index < -0.39 is 125 Å². The summed E-state index contributed by atoms with van der Waals surface area (Å²) in [5, 5.41) is 40.1. The van der Waals surface area contributed by atoms with Crippen molar-refractivity contribution < 1.29 is 72.2 Å². The maximum Gasteiger partial charge on any atom is 0.338 e. The highest BCUT2D eigenvalue weighted by Crippen LogP contribution is 2.65. The van der Waals surface area contributed by atoms with Gasteiger partial charge in [0.15, 0.2) is 29.8 Å². The minimum absolute atomic E-state index is 0.00665. The van der Waals surface area contributed by atoms with E-state index in [1.165, 1.54) is 39.8 Å². The normalized spacial score (nSPS) is 32.7. The minimum Gasteiger partial charge on any atom is -0.456 e. The topological polar surface area (TPSA) is 221 Å². The molecule has 12 atom stereocenters. The van der Waals surface area contributed by atoms with Crippen LogP contribution in [0.25, 0.3) is 0 Å². The number of amides is 1. The quantitative estimate of drug-likeness (QED) is 0.130. The summed E-state index contributed by atoms with van der Waals surface area (Å²) >= 11 is 0. The van der Waals surface area contributed by atoms with Gasteiger partial charge in [-0.3, -0.25) is 19.2 Å². The fourth-order valence-corrected chi connectivity index (χ4v) is 10.2. The van der Waals surface area contributed by atoms with E-state index in [1.807, 2.05) is 0 Å². The molecule has 334 valence electrons. The zero-order valence-electron chi connectivity index (χ0n) is 35.5. The molecule has 1 saturated heterocycles. The Morgan fingerprint density at radius 1 is 0.841 bits per heavy atom. The van der Waals surface area contributed by atoms with Gasteiger partial charge in [-0.15, -0.1) is 0 Å². The fourth-order valence-electron chi connectivity index (χ4n) is 10.2. The van der Waals surface area contributed by atoms with Crippen molar-refractivity contribution in [1.82, 2.24) is 5.32 Å². The monoisotopic (exact) mass is 871 g/mol. The van der Waals surface area contributed by atoms with E-state index in [9.17, 15) is 39.3 Å².